The van der Waals surface area contributed by atoms with Crippen LogP contribution in [0.2, 0.25) is 0 Å². The van der Waals surface area contributed by atoms with Crippen LogP contribution in [0.15, 0.2) is 24.3 Å². The molecule has 0 rings (SSSR count). The Balaban J connectivity index is 3.67. The average Bonchev–Trinajstić information content (AvgIpc) is 2.30. The van der Waals surface area contributed by atoms with Crippen LogP contribution >= 0.6 is 23.2 Å². The smallest absolute Gasteiger partial charge is 0.152 e. The molecule has 0 spiro atoms. The number of unbranched alkanes of at least 4 members (excludes halogenated alkanes) is 4. The summed E-state index contributed by atoms with van der Waals surface area (Å²) in [4.78, 5) is 0. The molecule has 0 fully saturated rings. The highest BCUT2D eigenvalue weighted by atomic mass is 35.5. The maximum atomic E-state index is 5.97. The molecule has 2 atom stereocenters. The fourth-order valence-corrected chi connectivity index (χ4v) is 1.75. The predicted octanol–water partition coefficient (Wildman–Crippen LogP) is 5.63. The van der Waals surface area contributed by atoms with Gasteiger partial charge in [-0.05, 0) is 25.0 Å². The Bertz CT molecular complexity index is 192. The molecule has 17 heavy (non-hydrogen) atoms. The molecule has 1 nitrogen and oxygen atoms in total. The quantitative estimate of drug-likeness (QED) is 0.286. The zero-order valence-corrected chi connectivity index (χ0v) is 12.4. The van der Waals surface area contributed by atoms with Gasteiger partial charge in [-0.2, -0.15) is 0 Å². The largest absolute Gasteiger partial charge is 0.336 e. The van der Waals surface area contributed by atoms with E-state index >= 15 is 0 Å². The Morgan fingerprint density at radius 3 is 1.65 bits per heavy atom. The average molecular weight is 279 g/mol. The fourth-order valence-electron chi connectivity index (χ4n) is 1.27. The topological polar surface area (TPSA) is 9.23 Å². The van der Waals surface area contributed by atoms with Crippen LogP contribution in [-0.4, -0.2) is 11.1 Å². The van der Waals surface area contributed by atoms with E-state index in [9.17, 15) is 0 Å². The molecule has 0 aliphatic carbocycles. The van der Waals surface area contributed by atoms with Crippen molar-refractivity contribution >= 4 is 23.2 Å². The summed E-state index contributed by atoms with van der Waals surface area (Å²) in [5.74, 6) is 0. The van der Waals surface area contributed by atoms with Gasteiger partial charge < -0.3 is 4.74 Å². The molecule has 0 amide bonds. The highest BCUT2D eigenvalue weighted by Crippen LogP contribution is 2.11. The van der Waals surface area contributed by atoms with Crippen LogP contribution in [-0.2, 0) is 4.74 Å². The first-order valence-corrected chi connectivity index (χ1v) is 7.34. The van der Waals surface area contributed by atoms with Crippen LogP contribution < -0.4 is 0 Å². The summed E-state index contributed by atoms with van der Waals surface area (Å²) in [5.41, 5.74) is -0.879. The first kappa shape index (κ1) is 17.0. The Hall–Kier alpha value is 0.0200. The summed E-state index contributed by atoms with van der Waals surface area (Å²) >= 11 is 11.9. The van der Waals surface area contributed by atoms with E-state index in [1.54, 1.807) is 0 Å². The summed E-state index contributed by atoms with van der Waals surface area (Å²) in [6.45, 7) is 4.33. The molecule has 3 heteroatoms. The summed E-state index contributed by atoms with van der Waals surface area (Å²) in [6.07, 6.45) is 14.6. The maximum absolute atomic E-state index is 5.97. The summed E-state index contributed by atoms with van der Waals surface area (Å²) in [7, 11) is 0. The van der Waals surface area contributed by atoms with Crippen LogP contribution in [0.4, 0.5) is 0 Å². The number of hydrogen-bond acceptors (Lipinski definition) is 1. The number of rotatable bonds is 10. The summed E-state index contributed by atoms with van der Waals surface area (Å²) < 4.78 is 5.37. The highest BCUT2D eigenvalue weighted by Gasteiger charge is 2.05. The van der Waals surface area contributed by atoms with Crippen LogP contribution in [0.1, 0.15) is 52.4 Å². The van der Waals surface area contributed by atoms with Crippen molar-refractivity contribution in [2.45, 2.75) is 63.5 Å². The van der Waals surface area contributed by atoms with Gasteiger partial charge in [-0.1, -0.05) is 74.9 Å². The number of allylic oxidation sites excluding steroid dienone is 2. The third-order valence-electron chi connectivity index (χ3n) is 2.28. The van der Waals surface area contributed by atoms with Crippen molar-refractivity contribution in [3.63, 3.8) is 0 Å². The molecule has 0 radical (unpaired) electrons. The summed E-state index contributed by atoms with van der Waals surface area (Å²) in [6, 6.07) is 0. The molecule has 0 heterocycles. The molecule has 0 aromatic rings. The molecule has 2 unspecified atom stereocenters. The number of halogens is 2. The van der Waals surface area contributed by atoms with Crippen molar-refractivity contribution in [1.29, 1.82) is 0 Å². The van der Waals surface area contributed by atoms with Crippen molar-refractivity contribution in [2.24, 2.45) is 0 Å². The van der Waals surface area contributed by atoms with Gasteiger partial charge in [0.15, 0.2) is 11.1 Å². The van der Waals surface area contributed by atoms with E-state index in [0.29, 0.717) is 0 Å². The van der Waals surface area contributed by atoms with E-state index in [0.717, 1.165) is 12.8 Å². The number of hydrogen-bond donors (Lipinski definition) is 0. The Kier molecular flexibility index (Phi) is 12.5. The second kappa shape index (κ2) is 12.5. The molecule has 0 bridgehead atoms. The first-order chi connectivity index (χ1) is 8.20. The van der Waals surface area contributed by atoms with E-state index in [1.807, 2.05) is 24.3 Å². The zero-order valence-electron chi connectivity index (χ0n) is 10.9. The van der Waals surface area contributed by atoms with Crippen molar-refractivity contribution in [2.75, 3.05) is 0 Å². The minimum atomic E-state index is -0.440. The minimum Gasteiger partial charge on any atom is -0.336 e. The lowest BCUT2D eigenvalue weighted by atomic mass is 10.2. The molecule has 0 aromatic carbocycles. The molecular weight excluding hydrogens is 255 g/mol. The van der Waals surface area contributed by atoms with Crippen LogP contribution in [0, 0.1) is 0 Å². The van der Waals surface area contributed by atoms with E-state index in [-0.39, 0.29) is 0 Å². The zero-order chi connectivity index (χ0) is 12.9. The van der Waals surface area contributed by atoms with Crippen LogP contribution in [0.3, 0.4) is 0 Å². The molecular formula is C14H24Cl2O. The maximum Gasteiger partial charge on any atom is 0.152 e. The van der Waals surface area contributed by atoms with Gasteiger partial charge in [0.1, 0.15) is 0 Å². The third-order valence-corrected chi connectivity index (χ3v) is 2.78. The molecule has 0 N–H and O–H groups in total. The molecule has 0 saturated heterocycles. The lowest BCUT2D eigenvalue weighted by Crippen LogP contribution is -2.08. The molecule has 0 aliphatic heterocycles. The van der Waals surface area contributed by atoms with Gasteiger partial charge in [-0.25, -0.2) is 0 Å². The standard InChI is InChI=1S/C14H24Cl2O/c1-3-5-7-9-11-13(15)17-14(16)12-10-8-6-4-2/h9-14H,3-8H2,1-2H3. The predicted molar refractivity (Wildman–Crippen MR) is 77.7 cm³/mol. The second-order valence-corrected chi connectivity index (χ2v) is 4.84. The lowest BCUT2D eigenvalue weighted by molar-refractivity contribution is 0.137. The van der Waals surface area contributed by atoms with Crippen LogP contribution in [0.25, 0.3) is 0 Å². The van der Waals surface area contributed by atoms with Gasteiger partial charge in [-0.15, -0.1) is 0 Å². The molecule has 100 valence electrons. The Morgan fingerprint density at radius 2 is 1.29 bits per heavy atom. The number of alkyl halides is 2. The molecule has 0 saturated carbocycles. The van der Waals surface area contributed by atoms with Crippen molar-refractivity contribution < 1.29 is 4.74 Å². The normalized spacial score (nSPS) is 15.8. The summed E-state index contributed by atoms with van der Waals surface area (Å²) in [5, 5.41) is 0. The third kappa shape index (κ3) is 12.3. The van der Waals surface area contributed by atoms with Gasteiger partial charge in [0.05, 0.1) is 0 Å². The van der Waals surface area contributed by atoms with Crippen molar-refractivity contribution in [1.82, 2.24) is 0 Å². The van der Waals surface area contributed by atoms with Gasteiger partial charge in [0.2, 0.25) is 0 Å². The van der Waals surface area contributed by atoms with Gasteiger partial charge >= 0.3 is 0 Å². The lowest BCUT2D eigenvalue weighted by Gasteiger charge is -2.09. The molecule has 0 aromatic heterocycles. The second-order valence-electron chi connectivity index (χ2n) is 3.98. The van der Waals surface area contributed by atoms with E-state index in [1.165, 1.54) is 25.7 Å². The minimum absolute atomic E-state index is 0.440. The molecule has 0 aliphatic rings. The van der Waals surface area contributed by atoms with E-state index in [4.69, 9.17) is 27.9 Å². The Labute approximate surface area is 116 Å². The SMILES string of the molecule is CCCCC=CC(Cl)OC(Cl)C=CCCCC. The van der Waals surface area contributed by atoms with Gasteiger partial charge in [0.25, 0.3) is 0 Å². The van der Waals surface area contributed by atoms with E-state index < -0.39 is 11.1 Å². The first-order valence-electron chi connectivity index (χ1n) is 6.47. The van der Waals surface area contributed by atoms with Crippen molar-refractivity contribution in [3.8, 4) is 0 Å². The van der Waals surface area contributed by atoms with E-state index in [2.05, 4.69) is 13.8 Å². The fraction of sp³-hybridized carbons (Fsp3) is 0.714. The Morgan fingerprint density at radius 1 is 0.882 bits per heavy atom. The van der Waals surface area contributed by atoms with Gasteiger partial charge in [0, 0.05) is 0 Å². The number of ether oxygens (including phenoxy) is 1. The van der Waals surface area contributed by atoms with Gasteiger partial charge in [-0.3, -0.25) is 0 Å². The van der Waals surface area contributed by atoms with Crippen molar-refractivity contribution in [3.05, 3.63) is 24.3 Å². The highest BCUT2D eigenvalue weighted by molar-refractivity contribution is 6.23. The monoisotopic (exact) mass is 278 g/mol. The van der Waals surface area contributed by atoms with Crippen LogP contribution in [0.5, 0.6) is 0 Å².